The molecule has 0 radical (unpaired) electrons. The molecule has 2 rings (SSSR count). The van der Waals surface area contributed by atoms with Gasteiger partial charge in [0.05, 0.1) is 10.6 Å². The van der Waals surface area contributed by atoms with Gasteiger partial charge in [-0.1, -0.05) is 11.6 Å². The first-order valence-electron chi connectivity index (χ1n) is 6.92. The minimum atomic E-state index is -3.23. The standard InChI is InChI=1S/C14H21ClN2O2S/c15-13-3-5-14(6-4-13)20(18,19)9-8-17-7-1-2-12(10-16)11-17/h3-6,12H,1-2,7-11,16H2. The van der Waals surface area contributed by atoms with Crippen LogP contribution < -0.4 is 5.73 Å². The molecule has 20 heavy (non-hydrogen) atoms. The van der Waals surface area contributed by atoms with Crippen LogP contribution in [0.4, 0.5) is 0 Å². The van der Waals surface area contributed by atoms with Crippen LogP contribution in [0.15, 0.2) is 29.2 Å². The van der Waals surface area contributed by atoms with E-state index in [1.165, 1.54) is 0 Å². The van der Waals surface area contributed by atoms with E-state index in [4.69, 9.17) is 17.3 Å². The van der Waals surface area contributed by atoms with E-state index in [0.29, 0.717) is 28.9 Å². The van der Waals surface area contributed by atoms with E-state index in [1.807, 2.05) is 0 Å². The van der Waals surface area contributed by atoms with Crippen molar-refractivity contribution in [3.8, 4) is 0 Å². The van der Waals surface area contributed by atoms with Crippen molar-refractivity contribution >= 4 is 21.4 Å². The Bertz CT molecular complexity index is 531. The highest BCUT2D eigenvalue weighted by Crippen LogP contribution is 2.18. The number of nitrogens with two attached hydrogens (primary N) is 1. The Kier molecular flexibility index (Phi) is 5.43. The lowest BCUT2D eigenvalue weighted by Gasteiger charge is -2.31. The lowest BCUT2D eigenvalue weighted by atomic mass is 9.98. The molecule has 112 valence electrons. The van der Waals surface area contributed by atoms with E-state index in [0.717, 1.165) is 25.9 Å². The average molecular weight is 317 g/mol. The molecule has 2 N–H and O–H groups in total. The van der Waals surface area contributed by atoms with Gasteiger partial charge in [0.15, 0.2) is 9.84 Å². The summed E-state index contributed by atoms with van der Waals surface area (Å²) in [5.41, 5.74) is 5.70. The number of piperidine rings is 1. The van der Waals surface area contributed by atoms with Crippen molar-refractivity contribution in [2.45, 2.75) is 17.7 Å². The highest BCUT2D eigenvalue weighted by atomic mass is 35.5. The molecule has 0 aromatic heterocycles. The second kappa shape index (κ2) is 6.89. The predicted molar refractivity (Wildman–Crippen MR) is 81.7 cm³/mol. The summed E-state index contributed by atoms with van der Waals surface area (Å²) in [5.74, 6) is 0.647. The third-order valence-corrected chi connectivity index (χ3v) is 5.75. The van der Waals surface area contributed by atoms with Crippen LogP contribution >= 0.6 is 11.6 Å². The number of sulfone groups is 1. The topological polar surface area (TPSA) is 63.4 Å². The molecule has 1 saturated heterocycles. The Morgan fingerprint density at radius 2 is 2.00 bits per heavy atom. The zero-order valence-corrected chi connectivity index (χ0v) is 13.0. The van der Waals surface area contributed by atoms with Crippen molar-refractivity contribution in [1.82, 2.24) is 4.90 Å². The molecular formula is C14H21ClN2O2S. The van der Waals surface area contributed by atoms with Crippen molar-refractivity contribution in [3.63, 3.8) is 0 Å². The highest BCUT2D eigenvalue weighted by molar-refractivity contribution is 7.91. The fourth-order valence-corrected chi connectivity index (χ4v) is 3.97. The fraction of sp³-hybridized carbons (Fsp3) is 0.571. The monoisotopic (exact) mass is 316 g/mol. The van der Waals surface area contributed by atoms with Gasteiger partial charge in [0.25, 0.3) is 0 Å². The summed E-state index contributed by atoms with van der Waals surface area (Å²) in [5, 5.41) is 0.547. The van der Waals surface area contributed by atoms with Crippen LogP contribution in [0.1, 0.15) is 12.8 Å². The quantitative estimate of drug-likeness (QED) is 0.899. The zero-order valence-electron chi connectivity index (χ0n) is 11.5. The molecule has 0 aliphatic carbocycles. The summed E-state index contributed by atoms with van der Waals surface area (Å²) in [6, 6.07) is 6.35. The van der Waals surface area contributed by atoms with Crippen LogP contribution in [0.25, 0.3) is 0 Å². The van der Waals surface area contributed by atoms with Gasteiger partial charge in [-0.3, -0.25) is 0 Å². The van der Waals surface area contributed by atoms with Crippen LogP contribution in [0.5, 0.6) is 0 Å². The number of hydrogen-bond donors (Lipinski definition) is 1. The highest BCUT2D eigenvalue weighted by Gasteiger charge is 2.21. The maximum atomic E-state index is 12.2. The Hall–Kier alpha value is -0.620. The maximum absolute atomic E-state index is 12.2. The van der Waals surface area contributed by atoms with E-state index in [2.05, 4.69) is 4.90 Å². The molecule has 1 aromatic rings. The van der Waals surface area contributed by atoms with Gasteiger partial charge in [-0.25, -0.2) is 8.42 Å². The van der Waals surface area contributed by atoms with Gasteiger partial charge in [0.2, 0.25) is 0 Å². The first kappa shape index (κ1) is 15.8. The molecule has 1 aliphatic heterocycles. The van der Waals surface area contributed by atoms with Crippen LogP contribution in [0.2, 0.25) is 5.02 Å². The molecule has 0 bridgehead atoms. The molecule has 4 nitrogen and oxygen atoms in total. The van der Waals surface area contributed by atoms with Gasteiger partial charge >= 0.3 is 0 Å². The maximum Gasteiger partial charge on any atom is 0.179 e. The molecule has 1 aromatic carbocycles. The summed E-state index contributed by atoms with van der Waals surface area (Å²) in [4.78, 5) is 2.54. The SMILES string of the molecule is NCC1CCCN(CCS(=O)(=O)c2ccc(Cl)cc2)C1. The van der Waals surface area contributed by atoms with E-state index in [1.54, 1.807) is 24.3 Å². The van der Waals surface area contributed by atoms with Crippen LogP contribution in [-0.4, -0.2) is 45.2 Å². The summed E-state index contributed by atoms with van der Waals surface area (Å²) in [6.45, 7) is 3.13. The smallest absolute Gasteiger partial charge is 0.179 e. The molecule has 1 unspecified atom stereocenters. The van der Waals surface area contributed by atoms with Gasteiger partial charge in [-0.2, -0.15) is 0 Å². The average Bonchev–Trinajstić information content (AvgIpc) is 2.46. The van der Waals surface area contributed by atoms with Crippen LogP contribution in [0, 0.1) is 5.92 Å². The molecule has 6 heteroatoms. The second-order valence-corrected chi connectivity index (χ2v) is 7.86. The van der Waals surface area contributed by atoms with Crippen molar-refractivity contribution in [1.29, 1.82) is 0 Å². The molecule has 1 atom stereocenters. The molecule has 1 aliphatic rings. The molecule has 1 fully saturated rings. The van der Waals surface area contributed by atoms with Crippen LogP contribution in [0.3, 0.4) is 0 Å². The minimum absolute atomic E-state index is 0.145. The van der Waals surface area contributed by atoms with E-state index in [9.17, 15) is 8.42 Å². The van der Waals surface area contributed by atoms with Crippen molar-refractivity contribution in [2.75, 3.05) is 31.9 Å². The van der Waals surface area contributed by atoms with Gasteiger partial charge in [0, 0.05) is 18.1 Å². The van der Waals surface area contributed by atoms with Gasteiger partial charge < -0.3 is 10.6 Å². The predicted octanol–water partition coefficient (Wildman–Crippen LogP) is 1.78. The van der Waals surface area contributed by atoms with E-state index < -0.39 is 9.84 Å². The van der Waals surface area contributed by atoms with Gasteiger partial charge in [-0.15, -0.1) is 0 Å². The fourth-order valence-electron chi connectivity index (χ4n) is 2.56. The molecule has 0 spiro atoms. The Labute approximate surface area is 125 Å². The third kappa shape index (κ3) is 4.19. The van der Waals surface area contributed by atoms with Gasteiger partial charge in [-0.05, 0) is 56.1 Å². The lowest BCUT2D eigenvalue weighted by Crippen LogP contribution is -2.40. The Morgan fingerprint density at radius 3 is 2.65 bits per heavy atom. The molecule has 0 saturated carbocycles. The number of hydrogen-bond acceptors (Lipinski definition) is 4. The molecule has 1 heterocycles. The summed E-state index contributed by atoms with van der Waals surface area (Å²) in [6.07, 6.45) is 2.25. The van der Waals surface area contributed by atoms with Gasteiger partial charge in [0.1, 0.15) is 0 Å². The van der Waals surface area contributed by atoms with E-state index in [-0.39, 0.29) is 5.75 Å². The summed E-state index contributed by atoms with van der Waals surface area (Å²) in [7, 11) is -3.23. The number of nitrogens with zero attached hydrogens (tertiary/aromatic N) is 1. The first-order chi connectivity index (χ1) is 9.51. The minimum Gasteiger partial charge on any atom is -0.330 e. The first-order valence-corrected chi connectivity index (χ1v) is 8.95. The Balaban J connectivity index is 1.94. The number of likely N-dealkylation sites (tertiary alicyclic amines) is 1. The third-order valence-electron chi connectivity index (χ3n) is 3.79. The summed E-state index contributed by atoms with van der Waals surface area (Å²) >= 11 is 5.78. The Morgan fingerprint density at radius 1 is 1.30 bits per heavy atom. The number of halogens is 1. The largest absolute Gasteiger partial charge is 0.330 e. The van der Waals surface area contributed by atoms with Crippen molar-refractivity contribution < 1.29 is 8.42 Å². The van der Waals surface area contributed by atoms with Crippen molar-refractivity contribution in [2.24, 2.45) is 11.7 Å². The number of rotatable bonds is 5. The van der Waals surface area contributed by atoms with Crippen molar-refractivity contribution in [3.05, 3.63) is 29.3 Å². The second-order valence-electron chi connectivity index (χ2n) is 5.32. The molecular weight excluding hydrogens is 296 g/mol. The zero-order chi connectivity index (χ0) is 14.6. The molecule has 0 amide bonds. The van der Waals surface area contributed by atoms with E-state index >= 15 is 0 Å². The summed E-state index contributed by atoms with van der Waals surface area (Å²) < 4.78 is 24.5. The number of benzene rings is 1. The lowest BCUT2D eigenvalue weighted by molar-refractivity contribution is 0.187. The van der Waals surface area contributed by atoms with Crippen LogP contribution in [-0.2, 0) is 9.84 Å². The normalized spacial score (nSPS) is 21.0.